The van der Waals surface area contributed by atoms with Crippen molar-refractivity contribution >= 4 is 0 Å². The number of hydrogen-bond acceptors (Lipinski definition) is 2. The van der Waals surface area contributed by atoms with Gasteiger partial charge in [-0.1, -0.05) is 24.3 Å². The molecule has 0 bridgehead atoms. The van der Waals surface area contributed by atoms with Crippen molar-refractivity contribution in [3.8, 4) is 0 Å². The van der Waals surface area contributed by atoms with Crippen molar-refractivity contribution in [3.05, 3.63) is 35.5 Å². The average Bonchev–Trinajstić information content (AvgIpc) is 2.65. The largest absolute Gasteiger partial charge is 0.376 e. The molecule has 0 spiro atoms. The van der Waals surface area contributed by atoms with Gasteiger partial charge >= 0.3 is 0 Å². The second kappa shape index (κ2) is 2.82. The maximum absolute atomic E-state index is 5.48. The summed E-state index contributed by atoms with van der Waals surface area (Å²) >= 11 is 0. The van der Waals surface area contributed by atoms with Crippen LogP contribution in [0.5, 0.6) is 0 Å². The summed E-state index contributed by atoms with van der Waals surface area (Å²) < 4.78 is 5.48. The summed E-state index contributed by atoms with van der Waals surface area (Å²) in [4.78, 5) is 0. The van der Waals surface area contributed by atoms with Crippen molar-refractivity contribution in [3.63, 3.8) is 0 Å². The van der Waals surface area contributed by atoms with E-state index in [-0.39, 0.29) is 0 Å². The second-order valence-corrected chi connectivity index (χ2v) is 3.82. The minimum absolute atomic E-state index is 0.443. The Morgan fingerprint density at radius 1 is 1.38 bits per heavy atom. The van der Waals surface area contributed by atoms with Crippen LogP contribution in [-0.2, 0) is 4.74 Å². The Bertz CT molecular complexity index is 314. The van der Waals surface area contributed by atoms with Gasteiger partial charge in [0.1, 0.15) is 0 Å². The molecule has 13 heavy (non-hydrogen) atoms. The fourth-order valence-corrected chi connectivity index (χ4v) is 2.33. The molecule has 0 aromatic heterocycles. The Balaban J connectivity index is 2.05. The maximum Gasteiger partial charge on any atom is 0.0687 e. The molecule has 1 saturated heterocycles. The summed E-state index contributed by atoms with van der Waals surface area (Å²) in [5.41, 5.74) is 2.96. The summed E-state index contributed by atoms with van der Waals surface area (Å²) in [6, 6.07) is 0.443. The lowest BCUT2D eigenvalue weighted by molar-refractivity contribution is 0.188. The zero-order chi connectivity index (χ0) is 8.67. The van der Waals surface area contributed by atoms with Crippen LogP contribution in [0.4, 0.5) is 0 Å². The van der Waals surface area contributed by atoms with Crippen LogP contribution in [0.15, 0.2) is 35.5 Å². The van der Waals surface area contributed by atoms with Gasteiger partial charge in [-0.3, -0.25) is 0 Å². The Hall–Kier alpha value is -0.860. The van der Waals surface area contributed by atoms with E-state index in [1.54, 1.807) is 0 Å². The van der Waals surface area contributed by atoms with Crippen LogP contribution >= 0.6 is 0 Å². The van der Waals surface area contributed by atoms with Gasteiger partial charge in [-0.05, 0) is 11.1 Å². The predicted octanol–water partition coefficient (Wildman–Crippen LogP) is 1.03. The number of allylic oxidation sites excluding steroid dienone is 2. The van der Waals surface area contributed by atoms with Crippen molar-refractivity contribution in [1.82, 2.24) is 5.32 Å². The summed E-state index contributed by atoms with van der Waals surface area (Å²) in [7, 11) is 0. The highest BCUT2D eigenvalue weighted by Crippen LogP contribution is 2.30. The van der Waals surface area contributed by atoms with E-state index in [1.807, 2.05) is 0 Å². The topological polar surface area (TPSA) is 21.3 Å². The molecule has 68 valence electrons. The van der Waals surface area contributed by atoms with Gasteiger partial charge in [-0.15, -0.1) is 0 Å². The van der Waals surface area contributed by atoms with E-state index < -0.39 is 0 Å². The van der Waals surface area contributed by atoms with E-state index in [4.69, 9.17) is 4.74 Å². The zero-order valence-corrected chi connectivity index (χ0v) is 7.49. The number of hydrogen-bond donors (Lipinski definition) is 1. The molecule has 0 amide bonds. The Labute approximate surface area is 78.0 Å². The minimum atomic E-state index is 0.443. The molecule has 2 atom stereocenters. The molecule has 2 nitrogen and oxygen atoms in total. The first-order valence-electron chi connectivity index (χ1n) is 4.84. The van der Waals surface area contributed by atoms with E-state index >= 15 is 0 Å². The SMILES string of the molecule is C1=CC2=C3COCC3CNC2C=C1. The Morgan fingerprint density at radius 3 is 3.38 bits per heavy atom. The van der Waals surface area contributed by atoms with Crippen molar-refractivity contribution in [2.24, 2.45) is 5.92 Å². The van der Waals surface area contributed by atoms with Crippen LogP contribution < -0.4 is 5.32 Å². The van der Waals surface area contributed by atoms with Gasteiger partial charge in [0.2, 0.25) is 0 Å². The molecule has 1 aliphatic carbocycles. The molecule has 1 N–H and O–H groups in total. The lowest BCUT2D eigenvalue weighted by Gasteiger charge is -2.29. The first-order chi connectivity index (χ1) is 6.45. The molecule has 3 aliphatic rings. The van der Waals surface area contributed by atoms with Gasteiger partial charge in [-0.2, -0.15) is 0 Å². The molecular formula is C11H13NO. The van der Waals surface area contributed by atoms with Gasteiger partial charge in [0.25, 0.3) is 0 Å². The monoisotopic (exact) mass is 175 g/mol. The van der Waals surface area contributed by atoms with Gasteiger partial charge in [0, 0.05) is 12.5 Å². The summed E-state index contributed by atoms with van der Waals surface area (Å²) in [5, 5.41) is 3.52. The van der Waals surface area contributed by atoms with Crippen molar-refractivity contribution in [1.29, 1.82) is 0 Å². The standard InChI is InChI=1S/C11H13NO/c1-2-4-11-9(3-1)10-7-13-6-8(10)5-12-11/h1-4,8,11-12H,5-7H2. The minimum Gasteiger partial charge on any atom is -0.376 e. The quantitative estimate of drug-likeness (QED) is 0.593. The highest BCUT2D eigenvalue weighted by atomic mass is 16.5. The number of ether oxygens (including phenoxy) is 1. The van der Waals surface area contributed by atoms with E-state index in [2.05, 4.69) is 29.6 Å². The van der Waals surface area contributed by atoms with Gasteiger partial charge in [0.05, 0.1) is 19.3 Å². The number of fused-ring (bicyclic) bond motifs is 2. The molecule has 2 heterocycles. The van der Waals surface area contributed by atoms with Crippen LogP contribution in [0, 0.1) is 5.92 Å². The molecule has 2 unspecified atom stereocenters. The molecule has 2 aliphatic heterocycles. The van der Waals surface area contributed by atoms with Gasteiger partial charge < -0.3 is 10.1 Å². The summed E-state index contributed by atoms with van der Waals surface area (Å²) in [5.74, 6) is 0.627. The van der Waals surface area contributed by atoms with E-state index in [1.165, 1.54) is 11.1 Å². The fourth-order valence-electron chi connectivity index (χ4n) is 2.33. The van der Waals surface area contributed by atoms with Crippen molar-refractivity contribution in [2.45, 2.75) is 6.04 Å². The maximum atomic E-state index is 5.48. The lowest BCUT2D eigenvalue weighted by atomic mass is 9.87. The van der Waals surface area contributed by atoms with Crippen LogP contribution in [0.1, 0.15) is 0 Å². The van der Waals surface area contributed by atoms with E-state index in [9.17, 15) is 0 Å². The summed E-state index contributed by atoms with van der Waals surface area (Å²) in [6.45, 7) is 2.81. The van der Waals surface area contributed by atoms with Gasteiger partial charge in [-0.25, -0.2) is 0 Å². The smallest absolute Gasteiger partial charge is 0.0687 e. The molecule has 3 rings (SSSR count). The normalized spacial score (nSPS) is 36.3. The molecule has 1 fully saturated rings. The molecule has 0 aromatic rings. The van der Waals surface area contributed by atoms with E-state index in [0.29, 0.717) is 12.0 Å². The Kier molecular flexibility index (Phi) is 1.64. The lowest BCUT2D eigenvalue weighted by Crippen LogP contribution is -2.40. The second-order valence-electron chi connectivity index (χ2n) is 3.82. The van der Waals surface area contributed by atoms with Gasteiger partial charge in [0.15, 0.2) is 0 Å². The molecule has 0 aromatic carbocycles. The van der Waals surface area contributed by atoms with Crippen LogP contribution in [0.2, 0.25) is 0 Å². The zero-order valence-electron chi connectivity index (χ0n) is 7.49. The number of rotatable bonds is 0. The highest BCUT2D eigenvalue weighted by molar-refractivity contribution is 5.43. The molecule has 2 heteroatoms. The van der Waals surface area contributed by atoms with Crippen LogP contribution in [0.25, 0.3) is 0 Å². The molecule has 0 saturated carbocycles. The van der Waals surface area contributed by atoms with Crippen LogP contribution in [0.3, 0.4) is 0 Å². The average molecular weight is 175 g/mol. The fraction of sp³-hybridized carbons (Fsp3) is 0.455. The summed E-state index contributed by atoms with van der Waals surface area (Å²) in [6.07, 6.45) is 8.66. The molecular weight excluding hydrogens is 162 g/mol. The van der Waals surface area contributed by atoms with Crippen LogP contribution in [-0.4, -0.2) is 25.8 Å². The Morgan fingerprint density at radius 2 is 2.38 bits per heavy atom. The molecule has 0 radical (unpaired) electrons. The van der Waals surface area contributed by atoms with Crippen molar-refractivity contribution in [2.75, 3.05) is 19.8 Å². The van der Waals surface area contributed by atoms with E-state index in [0.717, 1.165) is 19.8 Å². The first kappa shape index (κ1) is 7.54. The third-order valence-corrected chi connectivity index (χ3v) is 3.05. The first-order valence-corrected chi connectivity index (χ1v) is 4.84. The predicted molar refractivity (Wildman–Crippen MR) is 51.4 cm³/mol. The number of nitrogens with one attached hydrogen (secondary N) is 1. The van der Waals surface area contributed by atoms with Crippen molar-refractivity contribution < 1.29 is 4.74 Å². The third kappa shape index (κ3) is 1.10. The highest BCUT2D eigenvalue weighted by Gasteiger charge is 2.31. The third-order valence-electron chi connectivity index (χ3n) is 3.05.